The third kappa shape index (κ3) is 5.43. The van der Waals surface area contributed by atoms with E-state index in [0.717, 1.165) is 6.26 Å². The van der Waals surface area contributed by atoms with Gasteiger partial charge in [-0.05, 0) is 60.0 Å². The maximum Gasteiger partial charge on any atom is 0.253 e. The van der Waals surface area contributed by atoms with Crippen LogP contribution in [0.4, 0.5) is 8.78 Å². The lowest BCUT2D eigenvalue weighted by Crippen LogP contribution is -2.30. The zero-order chi connectivity index (χ0) is 21.9. The number of carbonyl (C=O) groups is 1. The average Bonchev–Trinajstić information content (AvgIpc) is 2.67. The van der Waals surface area contributed by atoms with Crippen LogP contribution >= 0.6 is 11.6 Å². The van der Waals surface area contributed by atoms with Crippen LogP contribution in [0.5, 0.6) is 0 Å². The second-order valence-electron chi connectivity index (χ2n) is 6.83. The van der Waals surface area contributed by atoms with Gasteiger partial charge in [0.2, 0.25) is 0 Å². The summed E-state index contributed by atoms with van der Waals surface area (Å²) in [5.74, 6) is -1.54. The third-order valence-corrected chi connectivity index (χ3v) is 5.94. The van der Waals surface area contributed by atoms with Crippen LogP contribution in [0.2, 0.25) is 5.02 Å². The molecule has 0 aliphatic rings. The highest BCUT2D eigenvalue weighted by atomic mass is 35.5. The largest absolute Gasteiger partial charge is 0.345 e. The summed E-state index contributed by atoms with van der Waals surface area (Å²) in [5.41, 5.74) is 1.05. The second-order valence-corrected chi connectivity index (χ2v) is 9.25. The number of benzene rings is 3. The maximum atomic E-state index is 13.8. The molecule has 4 nitrogen and oxygen atoms in total. The molecule has 0 aliphatic carbocycles. The molecule has 0 heterocycles. The van der Waals surface area contributed by atoms with E-state index in [2.05, 4.69) is 5.32 Å². The highest BCUT2D eigenvalue weighted by Gasteiger charge is 2.21. The van der Waals surface area contributed by atoms with Gasteiger partial charge in [0.15, 0.2) is 9.84 Å². The zero-order valence-corrected chi connectivity index (χ0v) is 17.5. The first-order chi connectivity index (χ1) is 14.1. The van der Waals surface area contributed by atoms with Crippen LogP contribution < -0.4 is 5.32 Å². The van der Waals surface area contributed by atoms with Crippen LogP contribution in [0.3, 0.4) is 0 Å². The molecule has 0 aliphatic heterocycles. The van der Waals surface area contributed by atoms with Crippen molar-refractivity contribution < 1.29 is 22.0 Å². The number of sulfone groups is 1. The number of nitrogens with one attached hydrogen (secondary N) is 1. The highest BCUT2D eigenvalue weighted by Crippen LogP contribution is 2.24. The summed E-state index contributed by atoms with van der Waals surface area (Å²) in [6, 6.07) is 14.7. The van der Waals surface area contributed by atoms with E-state index >= 15 is 0 Å². The summed E-state index contributed by atoms with van der Waals surface area (Å²) in [7, 11) is -3.55. The molecule has 0 saturated carbocycles. The molecular weight excluding hydrogens is 432 g/mol. The van der Waals surface area contributed by atoms with E-state index in [4.69, 9.17) is 11.6 Å². The molecular formula is C22H18ClF2NO3S. The summed E-state index contributed by atoms with van der Waals surface area (Å²) < 4.78 is 51.0. The van der Waals surface area contributed by atoms with Crippen molar-refractivity contribution in [3.05, 3.63) is 100 Å². The number of amides is 1. The Kier molecular flexibility index (Phi) is 6.53. The number of halogens is 3. The molecule has 0 fully saturated rings. The molecule has 3 aromatic carbocycles. The quantitative estimate of drug-likeness (QED) is 0.591. The van der Waals surface area contributed by atoms with E-state index in [1.54, 1.807) is 18.2 Å². The van der Waals surface area contributed by atoms with Gasteiger partial charge in [-0.25, -0.2) is 17.2 Å². The van der Waals surface area contributed by atoms with Crippen molar-refractivity contribution in [1.29, 1.82) is 0 Å². The van der Waals surface area contributed by atoms with Gasteiger partial charge in [-0.2, -0.15) is 0 Å². The monoisotopic (exact) mass is 449 g/mol. The predicted octanol–water partition coefficient (Wildman–Crippen LogP) is 4.74. The fourth-order valence-corrected chi connectivity index (χ4v) is 3.87. The highest BCUT2D eigenvalue weighted by molar-refractivity contribution is 7.90. The summed E-state index contributed by atoms with van der Waals surface area (Å²) in [5, 5.41) is 2.83. The van der Waals surface area contributed by atoms with Crippen molar-refractivity contribution in [2.75, 3.05) is 6.26 Å². The number of hydrogen-bond donors (Lipinski definition) is 1. The van der Waals surface area contributed by atoms with Crippen molar-refractivity contribution in [3.8, 4) is 0 Å². The van der Waals surface area contributed by atoms with Crippen LogP contribution in [0, 0.1) is 11.6 Å². The molecule has 1 atom stereocenters. The van der Waals surface area contributed by atoms with Gasteiger partial charge in [0.1, 0.15) is 11.6 Å². The normalized spacial score (nSPS) is 12.4. The third-order valence-electron chi connectivity index (χ3n) is 4.50. The van der Waals surface area contributed by atoms with Crippen LogP contribution in [-0.4, -0.2) is 20.6 Å². The first-order valence-corrected chi connectivity index (χ1v) is 11.2. The van der Waals surface area contributed by atoms with Gasteiger partial charge in [0, 0.05) is 6.26 Å². The average molecular weight is 450 g/mol. The van der Waals surface area contributed by atoms with Crippen molar-refractivity contribution in [3.63, 3.8) is 0 Å². The van der Waals surface area contributed by atoms with Gasteiger partial charge >= 0.3 is 0 Å². The fraction of sp³-hybridized carbons (Fsp3) is 0.136. The van der Waals surface area contributed by atoms with Gasteiger partial charge in [0.25, 0.3) is 5.91 Å². The minimum Gasteiger partial charge on any atom is -0.345 e. The molecule has 3 rings (SSSR count). The van der Waals surface area contributed by atoms with E-state index in [0.29, 0.717) is 11.1 Å². The molecule has 30 heavy (non-hydrogen) atoms. The predicted molar refractivity (Wildman–Crippen MR) is 111 cm³/mol. The number of carbonyl (C=O) groups excluding carboxylic acids is 1. The Hall–Kier alpha value is -2.77. The molecule has 8 heteroatoms. The summed E-state index contributed by atoms with van der Waals surface area (Å²) >= 11 is 6.11. The van der Waals surface area contributed by atoms with E-state index in [-0.39, 0.29) is 21.9 Å². The maximum absolute atomic E-state index is 13.8. The lowest BCUT2D eigenvalue weighted by atomic mass is 9.98. The van der Waals surface area contributed by atoms with Gasteiger partial charge in [-0.1, -0.05) is 35.9 Å². The molecule has 1 amide bonds. The van der Waals surface area contributed by atoms with Gasteiger partial charge < -0.3 is 5.32 Å². The smallest absolute Gasteiger partial charge is 0.253 e. The summed E-state index contributed by atoms with van der Waals surface area (Å²) in [6.45, 7) is 0. The Morgan fingerprint density at radius 2 is 1.67 bits per heavy atom. The topological polar surface area (TPSA) is 63.2 Å². The molecule has 0 saturated heterocycles. The molecule has 0 spiro atoms. The van der Waals surface area contributed by atoms with E-state index < -0.39 is 33.4 Å². The minimum absolute atomic E-state index is 0.0276. The van der Waals surface area contributed by atoms with Crippen LogP contribution in [-0.2, 0) is 16.3 Å². The molecule has 1 N–H and O–H groups in total. The van der Waals surface area contributed by atoms with Crippen molar-refractivity contribution in [2.45, 2.75) is 17.4 Å². The molecule has 0 bridgehead atoms. The van der Waals surface area contributed by atoms with Crippen LogP contribution in [0.1, 0.15) is 27.5 Å². The number of rotatable bonds is 6. The molecule has 156 valence electrons. The lowest BCUT2D eigenvalue weighted by molar-refractivity contribution is 0.0936. The van der Waals surface area contributed by atoms with E-state index in [1.165, 1.54) is 48.5 Å². The summed E-state index contributed by atoms with van der Waals surface area (Å²) in [6.07, 6.45) is 1.22. The second kappa shape index (κ2) is 8.93. The van der Waals surface area contributed by atoms with Crippen LogP contribution in [0.15, 0.2) is 71.6 Å². The molecule has 0 radical (unpaired) electrons. The molecule has 0 aromatic heterocycles. The Labute approximate surface area is 178 Å². The SMILES string of the molecule is CS(=O)(=O)c1ccc(Cl)c(C(=O)NC(Cc2cccc(F)c2)c2cccc(F)c2)c1. The van der Waals surface area contributed by atoms with Gasteiger partial charge in [-0.3, -0.25) is 4.79 Å². The Balaban J connectivity index is 1.96. The van der Waals surface area contributed by atoms with Gasteiger partial charge in [-0.15, -0.1) is 0 Å². The Bertz CT molecular complexity index is 1200. The standard InChI is InChI=1S/C22H18ClF2NO3S/c1-30(28,29)18-8-9-20(23)19(13-18)22(27)26-21(15-5-3-7-17(25)12-15)11-14-4-2-6-16(24)10-14/h2-10,12-13,21H,11H2,1H3,(H,26,27). The van der Waals surface area contributed by atoms with Crippen molar-refractivity contribution in [1.82, 2.24) is 5.32 Å². The number of hydrogen-bond acceptors (Lipinski definition) is 3. The van der Waals surface area contributed by atoms with E-state index in [1.807, 2.05) is 0 Å². The fourth-order valence-electron chi connectivity index (χ4n) is 3.02. The van der Waals surface area contributed by atoms with Crippen molar-refractivity contribution >= 4 is 27.3 Å². The molecule has 3 aromatic rings. The van der Waals surface area contributed by atoms with E-state index in [9.17, 15) is 22.0 Å². The van der Waals surface area contributed by atoms with Gasteiger partial charge in [0.05, 0.1) is 21.5 Å². The van der Waals surface area contributed by atoms with Crippen LogP contribution in [0.25, 0.3) is 0 Å². The lowest BCUT2D eigenvalue weighted by Gasteiger charge is -2.20. The van der Waals surface area contributed by atoms with Crippen molar-refractivity contribution in [2.24, 2.45) is 0 Å². The Morgan fingerprint density at radius 3 is 2.30 bits per heavy atom. The zero-order valence-electron chi connectivity index (χ0n) is 15.9. The minimum atomic E-state index is -3.55. The summed E-state index contributed by atoms with van der Waals surface area (Å²) in [4.78, 5) is 12.9. The first-order valence-electron chi connectivity index (χ1n) is 8.94. The Morgan fingerprint density at radius 1 is 1.00 bits per heavy atom. The first kappa shape index (κ1) is 21.9. The molecule has 1 unspecified atom stereocenters.